The minimum atomic E-state index is 0.0489. The van der Waals surface area contributed by atoms with Gasteiger partial charge in [0.15, 0.2) is 0 Å². The van der Waals surface area contributed by atoms with Crippen LogP contribution in [-0.2, 0) is 22.4 Å². The van der Waals surface area contributed by atoms with E-state index in [0.717, 1.165) is 74.0 Å². The summed E-state index contributed by atoms with van der Waals surface area (Å²) in [4.78, 5) is 12.9. The maximum atomic E-state index is 12.9. The molecule has 0 aliphatic heterocycles. The second-order valence-electron chi connectivity index (χ2n) is 19.6. The Morgan fingerprint density at radius 3 is 2.12 bits per heavy atom. The molecule has 3 heteroatoms. The zero-order valence-corrected chi connectivity index (χ0v) is 35.5. The van der Waals surface area contributed by atoms with Gasteiger partial charge in [0, 0.05) is 25.7 Å². The second kappa shape index (κ2) is 19.4. The van der Waals surface area contributed by atoms with Crippen LogP contribution in [0.5, 0.6) is 0 Å². The average molecular weight is 719 g/mol. The standard InChI is InChI=1S/C49H82O3/c1-9-10-17-23-45-37(5)38(6)46(52-45)24-18-15-13-11-12-14-16-19-25-47(50)51-40-30-32-48(7)39(34-40)26-27-41-43-29-28-42(36(4)22-20-21-35(2)3)49(43,8)33-31-44(41)48/h26,35-36,40-44H,9-25,27-34H2,1-8H3. The van der Waals surface area contributed by atoms with Crippen LogP contribution in [0.15, 0.2) is 16.1 Å². The quantitative estimate of drug-likeness (QED) is 0.0722. The van der Waals surface area contributed by atoms with E-state index in [9.17, 15) is 4.79 Å². The Morgan fingerprint density at radius 1 is 0.788 bits per heavy atom. The number of carbonyl (C=O) groups excluding carboxylic acids is 1. The second-order valence-corrected chi connectivity index (χ2v) is 19.6. The molecule has 52 heavy (non-hydrogen) atoms. The highest BCUT2D eigenvalue weighted by Gasteiger charge is 2.59. The first kappa shape index (κ1) is 41.6. The van der Waals surface area contributed by atoms with Crippen molar-refractivity contribution in [2.24, 2.45) is 46.3 Å². The molecule has 3 fully saturated rings. The van der Waals surface area contributed by atoms with Crippen molar-refractivity contribution in [3.05, 3.63) is 34.3 Å². The third-order valence-corrected chi connectivity index (χ3v) is 15.7. The number of fused-ring (bicyclic) bond motifs is 5. The van der Waals surface area contributed by atoms with Crippen LogP contribution in [0.3, 0.4) is 0 Å². The summed E-state index contributed by atoms with van der Waals surface area (Å²) in [5.74, 6) is 7.73. The van der Waals surface area contributed by atoms with Gasteiger partial charge in [0.1, 0.15) is 17.6 Å². The number of esters is 1. The molecule has 0 radical (unpaired) electrons. The number of furan rings is 1. The summed E-state index contributed by atoms with van der Waals surface area (Å²) < 4.78 is 12.4. The summed E-state index contributed by atoms with van der Waals surface area (Å²) >= 11 is 0. The number of rotatable bonds is 21. The normalized spacial score (nSPS) is 30.5. The Morgan fingerprint density at radius 2 is 1.44 bits per heavy atom. The van der Waals surface area contributed by atoms with Gasteiger partial charge in [0.25, 0.3) is 0 Å². The Kier molecular flexibility index (Phi) is 15.5. The van der Waals surface area contributed by atoms with E-state index in [1.807, 2.05) is 0 Å². The summed E-state index contributed by atoms with van der Waals surface area (Å²) in [6.45, 7) is 19.4. The molecule has 0 N–H and O–H groups in total. The van der Waals surface area contributed by atoms with Crippen LogP contribution in [0.25, 0.3) is 0 Å². The van der Waals surface area contributed by atoms with Gasteiger partial charge in [-0.1, -0.05) is 124 Å². The molecule has 1 heterocycles. The topological polar surface area (TPSA) is 39.4 Å². The molecular formula is C49H82O3. The van der Waals surface area contributed by atoms with E-state index in [1.165, 1.54) is 138 Å². The summed E-state index contributed by atoms with van der Waals surface area (Å²) in [5.41, 5.74) is 5.28. The van der Waals surface area contributed by atoms with E-state index in [1.54, 1.807) is 5.57 Å². The Balaban J connectivity index is 0.954. The monoisotopic (exact) mass is 719 g/mol. The number of unbranched alkanes of at least 4 members (excludes halogenated alkanes) is 9. The van der Waals surface area contributed by atoms with Crippen molar-refractivity contribution in [2.75, 3.05) is 0 Å². The SMILES string of the molecule is CCCCCc1oc(CCCCCCCCCCC(=O)OC2CCC3(C)C(=CCC4C3CCC3(C)C(C(C)CCCC(C)C)CCC43)C2)c(C)c1C. The van der Waals surface area contributed by atoms with Crippen LogP contribution >= 0.6 is 0 Å². The lowest BCUT2D eigenvalue weighted by Crippen LogP contribution is -2.51. The van der Waals surface area contributed by atoms with Crippen LogP contribution in [0.4, 0.5) is 0 Å². The molecule has 8 atom stereocenters. The summed E-state index contributed by atoms with van der Waals surface area (Å²) in [6.07, 6.45) is 33.6. The first-order chi connectivity index (χ1) is 25.0. The molecule has 0 spiro atoms. The van der Waals surface area contributed by atoms with Crippen molar-refractivity contribution in [3.63, 3.8) is 0 Å². The molecule has 3 saturated carbocycles. The first-order valence-electron chi connectivity index (χ1n) is 22.9. The first-order valence-corrected chi connectivity index (χ1v) is 22.9. The fourth-order valence-corrected chi connectivity index (χ4v) is 12.3. The van der Waals surface area contributed by atoms with E-state index in [0.29, 0.717) is 17.3 Å². The molecule has 1 aromatic heterocycles. The predicted molar refractivity (Wildman–Crippen MR) is 220 cm³/mol. The molecule has 1 aromatic rings. The van der Waals surface area contributed by atoms with Crippen molar-refractivity contribution >= 4 is 5.97 Å². The van der Waals surface area contributed by atoms with E-state index in [-0.39, 0.29) is 12.1 Å². The highest BCUT2D eigenvalue weighted by atomic mass is 16.5. The zero-order valence-electron chi connectivity index (χ0n) is 35.5. The van der Waals surface area contributed by atoms with Crippen molar-refractivity contribution < 1.29 is 13.9 Å². The largest absolute Gasteiger partial charge is 0.466 e. The molecule has 8 unspecified atom stereocenters. The number of ether oxygens (including phenoxy) is 1. The number of hydrogen-bond donors (Lipinski definition) is 0. The minimum Gasteiger partial charge on any atom is -0.466 e. The molecule has 3 nitrogen and oxygen atoms in total. The Labute approximate surface area is 321 Å². The van der Waals surface area contributed by atoms with Crippen molar-refractivity contribution in [1.82, 2.24) is 0 Å². The number of carbonyl (C=O) groups is 1. The third-order valence-electron chi connectivity index (χ3n) is 15.7. The Hall–Kier alpha value is -1.51. The van der Waals surface area contributed by atoms with Crippen molar-refractivity contribution in [2.45, 2.75) is 222 Å². The molecular weight excluding hydrogens is 637 g/mol. The summed E-state index contributed by atoms with van der Waals surface area (Å²) in [5, 5.41) is 0. The molecule has 0 saturated heterocycles. The lowest BCUT2D eigenvalue weighted by Gasteiger charge is -2.58. The Bertz CT molecular complexity index is 1290. The highest BCUT2D eigenvalue weighted by molar-refractivity contribution is 5.69. The van der Waals surface area contributed by atoms with Crippen LogP contribution in [0.2, 0.25) is 0 Å². The fourth-order valence-electron chi connectivity index (χ4n) is 12.3. The molecule has 5 rings (SSSR count). The van der Waals surface area contributed by atoms with Crippen molar-refractivity contribution in [1.29, 1.82) is 0 Å². The lowest BCUT2D eigenvalue weighted by molar-refractivity contribution is -0.151. The van der Waals surface area contributed by atoms with Gasteiger partial charge in [-0.05, 0) is 136 Å². The van der Waals surface area contributed by atoms with Crippen LogP contribution in [-0.4, -0.2) is 12.1 Å². The van der Waals surface area contributed by atoms with Crippen LogP contribution < -0.4 is 0 Å². The van der Waals surface area contributed by atoms with Gasteiger partial charge in [0.2, 0.25) is 0 Å². The van der Waals surface area contributed by atoms with Crippen LogP contribution in [0, 0.1) is 60.2 Å². The van der Waals surface area contributed by atoms with Gasteiger partial charge < -0.3 is 9.15 Å². The predicted octanol–water partition coefficient (Wildman–Crippen LogP) is 14.6. The minimum absolute atomic E-state index is 0.0489. The van der Waals surface area contributed by atoms with E-state index in [2.05, 4.69) is 61.5 Å². The van der Waals surface area contributed by atoms with Gasteiger partial charge in [-0.2, -0.15) is 0 Å². The van der Waals surface area contributed by atoms with Gasteiger partial charge >= 0.3 is 5.97 Å². The number of hydrogen-bond acceptors (Lipinski definition) is 3. The average Bonchev–Trinajstić information content (AvgIpc) is 3.60. The van der Waals surface area contributed by atoms with Gasteiger partial charge in [-0.15, -0.1) is 0 Å². The third kappa shape index (κ3) is 10.0. The molecule has 0 aromatic carbocycles. The molecule has 4 aliphatic rings. The number of aryl methyl sites for hydroxylation is 2. The van der Waals surface area contributed by atoms with E-state index < -0.39 is 0 Å². The molecule has 4 aliphatic carbocycles. The van der Waals surface area contributed by atoms with Crippen molar-refractivity contribution in [3.8, 4) is 0 Å². The smallest absolute Gasteiger partial charge is 0.306 e. The van der Waals surface area contributed by atoms with E-state index >= 15 is 0 Å². The lowest BCUT2D eigenvalue weighted by atomic mass is 9.47. The molecule has 0 bridgehead atoms. The number of allylic oxidation sites excluding steroid dienone is 1. The van der Waals surface area contributed by atoms with Crippen LogP contribution in [0.1, 0.15) is 212 Å². The van der Waals surface area contributed by atoms with Gasteiger partial charge in [-0.3, -0.25) is 4.79 Å². The molecule has 296 valence electrons. The van der Waals surface area contributed by atoms with Gasteiger partial charge in [0.05, 0.1) is 0 Å². The van der Waals surface area contributed by atoms with E-state index in [4.69, 9.17) is 9.15 Å². The molecule has 0 amide bonds. The maximum Gasteiger partial charge on any atom is 0.306 e. The van der Waals surface area contributed by atoms with Gasteiger partial charge in [-0.25, -0.2) is 0 Å². The summed E-state index contributed by atoms with van der Waals surface area (Å²) in [7, 11) is 0. The fraction of sp³-hybridized carbons (Fsp3) is 0.857. The highest BCUT2D eigenvalue weighted by Crippen LogP contribution is 2.67. The zero-order chi connectivity index (χ0) is 37.3. The maximum absolute atomic E-state index is 12.9. The summed E-state index contributed by atoms with van der Waals surface area (Å²) in [6, 6.07) is 0.